The highest BCUT2D eigenvalue weighted by molar-refractivity contribution is 5.14. The van der Waals surface area contributed by atoms with Crippen LogP contribution in [0.1, 0.15) is 17.7 Å². The van der Waals surface area contributed by atoms with Crippen LogP contribution in [0.25, 0.3) is 0 Å². The Kier molecular flexibility index (Phi) is 3.76. The second-order valence-corrected chi connectivity index (χ2v) is 4.25. The van der Waals surface area contributed by atoms with Crippen LogP contribution in [0.4, 0.5) is 0 Å². The molecular formula is C15H17NO. The Bertz CT molecular complexity index is 528. The van der Waals surface area contributed by atoms with Gasteiger partial charge in [-0.25, -0.2) is 0 Å². The Morgan fingerprint density at radius 1 is 1.00 bits per heavy atom. The van der Waals surface area contributed by atoms with Gasteiger partial charge < -0.3 is 4.57 Å². The molecule has 0 N–H and O–H groups in total. The topological polar surface area (TPSA) is 22.0 Å². The molecule has 0 atom stereocenters. The normalized spacial score (nSPS) is 10.4. The summed E-state index contributed by atoms with van der Waals surface area (Å²) in [6, 6.07) is 15.8. The van der Waals surface area contributed by atoms with Gasteiger partial charge in [-0.05, 0) is 31.4 Å². The molecule has 88 valence electrons. The van der Waals surface area contributed by atoms with E-state index in [4.69, 9.17) is 0 Å². The Hall–Kier alpha value is -1.83. The average Bonchev–Trinajstić information content (AvgIpc) is 2.34. The highest BCUT2D eigenvalue weighted by Gasteiger charge is 1.99. The van der Waals surface area contributed by atoms with Gasteiger partial charge in [-0.15, -0.1) is 0 Å². The van der Waals surface area contributed by atoms with Crippen LogP contribution in [0.3, 0.4) is 0 Å². The maximum Gasteiger partial charge on any atom is 0.250 e. The second kappa shape index (κ2) is 5.48. The lowest BCUT2D eigenvalue weighted by atomic mass is 10.1. The van der Waals surface area contributed by atoms with Crippen molar-refractivity contribution < 1.29 is 0 Å². The molecule has 1 heterocycles. The Labute approximate surface area is 102 Å². The molecule has 0 aliphatic heterocycles. The van der Waals surface area contributed by atoms with Crippen molar-refractivity contribution in [3.8, 4) is 0 Å². The van der Waals surface area contributed by atoms with Crippen molar-refractivity contribution in [2.45, 2.75) is 26.3 Å². The number of benzene rings is 1. The molecule has 0 spiro atoms. The van der Waals surface area contributed by atoms with E-state index in [0.717, 1.165) is 25.1 Å². The third kappa shape index (κ3) is 3.06. The average molecular weight is 227 g/mol. The van der Waals surface area contributed by atoms with Gasteiger partial charge in [0.25, 0.3) is 5.56 Å². The molecule has 1 aromatic heterocycles. The van der Waals surface area contributed by atoms with Crippen LogP contribution in [0.2, 0.25) is 0 Å². The maximum atomic E-state index is 11.6. The van der Waals surface area contributed by atoms with Gasteiger partial charge in [0, 0.05) is 18.3 Å². The van der Waals surface area contributed by atoms with E-state index in [0.29, 0.717) is 0 Å². The van der Waals surface area contributed by atoms with Crippen molar-refractivity contribution in [2.24, 2.45) is 0 Å². The number of aromatic nitrogens is 1. The summed E-state index contributed by atoms with van der Waals surface area (Å²) in [5.41, 5.74) is 2.46. The number of aryl methyl sites for hydroxylation is 2. The van der Waals surface area contributed by atoms with Gasteiger partial charge in [0.2, 0.25) is 0 Å². The first-order chi connectivity index (χ1) is 8.27. The summed E-state index contributed by atoms with van der Waals surface area (Å²) in [5, 5.41) is 0. The van der Waals surface area contributed by atoms with Gasteiger partial charge in [-0.3, -0.25) is 4.79 Å². The minimum absolute atomic E-state index is 0.0954. The quantitative estimate of drug-likeness (QED) is 0.787. The van der Waals surface area contributed by atoms with E-state index in [9.17, 15) is 4.79 Å². The Morgan fingerprint density at radius 3 is 2.47 bits per heavy atom. The predicted octanol–water partition coefficient (Wildman–Crippen LogP) is 2.79. The monoisotopic (exact) mass is 227 g/mol. The molecule has 2 nitrogen and oxygen atoms in total. The minimum atomic E-state index is 0.0954. The molecule has 2 aromatic rings. The standard InChI is InChI=1S/C15H17NO/c1-13-7-5-11-15(17)16(13)12-6-10-14-8-3-2-4-9-14/h2-5,7-9,11H,6,10,12H2,1H3. The van der Waals surface area contributed by atoms with Gasteiger partial charge in [0.15, 0.2) is 0 Å². The summed E-state index contributed by atoms with van der Waals surface area (Å²) in [4.78, 5) is 11.6. The lowest BCUT2D eigenvalue weighted by Gasteiger charge is -2.08. The van der Waals surface area contributed by atoms with Gasteiger partial charge in [-0.2, -0.15) is 0 Å². The second-order valence-electron chi connectivity index (χ2n) is 4.25. The molecule has 0 amide bonds. The molecular weight excluding hydrogens is 210 g/mol. The largest absolute Gasteiger partial charge is 0.313 e. The summed E-state index contributed by atoms with van der Waals surface area (Å²) < 4.78 is 1.84. The lowest BCUT2D eigenvalue weighted by Crippen LogP contribution is -2.21. The molecule has 0 radical (unpaired) electrons. The molecule has 1 aromatic carbocycles. The molecule has 0 saturated carbocycles. The zero-order valence-electron chi connectivity index (χ0n) is 10.1. The molecule has 17 heavy (non-hydrogen) atoms. The van der Waals surface area contributed by atoms with E-state index in [2.05, 4.69) is 24.3 Å². The fraction of sp³-hybridized carbons (Fsp3) is 0.267. The Balaban J connectivity index is 1.97. The van der Waals surface area contributed by atoms with Crippen LogP contribution in [0.5, 0.6) is 0 Å². The number of rotatable bonds is 4. The lowest BCUT2D eigenvalue weighted by molar-refractivity contribution is 0.607. The molecule has 0 unspecified atom stereocenters. The summed E-state index contributed by atoms with van der Waals surface area (Å²) in [5.74, 6) is 0. The number of nitrogens with zero attached hydrogens (tertiary/aromatic N) is 1. The van der Waals surface area contributed by atoms with Crippen LogP contribution in [-0.2, 0) is 13.0 Å². The fourth-order valence-electron chi connectivity index (χ4n) is 2.00. The predicted molar refractivity (Wildman–Crippen MR) is 70.2 cm³/mol. The van der Waals surface area contributed by atoms with E-state index < -0.39 is 0 Å². The molecule has 2 heteroatoms. The molecule has 0 aliphatic rings. The highest BCUT2D eigenvalue weighted by Crippen LogP contribution is 2.04. The molecule has 2 rings (SSSR count). The van der Waals surface area contributed by atoms with E-state index in [1.165, 1.54) is 5.56 Å². The van der Waals surface area contributed by atoms with Gasteiger partial charge in [0.05, 0.1) is 0 Å². The highest BCUT2D eigenvalue weighted by atomic mass is 16.1. The van der Waals surface area contributed by atoms with Crippen molar-refractivity contribution in [2.75, 3.05) is 0 Å². The van der Waals surface area contributed by atoms with Crippen LogP contribution in [-0.4, -0.2) is 4.57 Å². The third-order valence-electron chi connectivity index (χ3n) is 2.96. The van der Waals surface area contributed by atoms with Gasteiger partial charge in [0.1, 0.15) is 0 Å². The summed E-state index contributed by atoms with van der Waals surface area (Å²) in [7, 11) is 0. The molecule has 0 bridgehead atoms. The summed E-state index contributed by atoms with van der Waals surface area (Å²) >= 11 is 0. The van der Waals surface area contributed by atoms with Crippen molar-refractivity contribution in [1.82, 2.24) is 4.57 Å². The van der Waals surface area contributed by atoms with Crippen molar-refractivity contribution in [1.29, 1.82) is 0 Å². The van der Waals surface area contributed by atoms with Crippen molar-refractivity contribution >= 4 is 0 Å². The zero-order valence-corrected chi connectivity index (χ0v) is 10.1. The van der Waals surface area contributed by atoms with E-state index >= 15 is 0 Å². The van der Waals surface area contributed by atoms with Crippen LogP contribution < -0.4 is 5.56 Å². The minimum Gasteiger partial charge on any atom is -0.313 e. The van der Waals surface area contributed by atoms with Crippen molar-refractivity contribution in [3.63, 3.8) is 0 Å². The maximum absolute atomic E-state index is 11.6. The van der Waals surface area contributed by atoms with Crippen LogP contribution >= 0.6 is 0 Å². The van der Waals surface area contributed by atoms with Crippen molar-refractivity contribution in [3.05, 3.63) is 70.1 Å². The molecule has 0 aliphatic carbocycles. The first-order valence-corrected chi connectivity index (χ1v) is 5.98. The SMILES string of the molecule is Cc1cccc(=O)n1CCCc1ccccc1. The third-order valence-corrected chi connectivity index (χ3v) is 2.96. The number of hydrogen-bond donors (Lipinski definition) is 0. The molecule has 0 fully saturated rings. The van der Waals surface area contributed by atoms with Gasteiger partial charge >= 0.3 is 0 Å². The van der Waals surface area contributed by atoms with Gasteiger partial charge in [-0.1, -0.05) is 36.4 Å². The summed E-state index contributed by atoms with van der Waals surface area (Å²) in [6.07, 6.45) is 2.01. The number of pyridine rings is 1. The van der Waals surface area contributed by atoms with E-state index in [-0.39, 0.29) is 5.56 Å². The van der Waals surface area contributed by atoms with E-state index in [1.807, 2.05) is 29.7 Å². The first kappa shape index (κ1) is 11.6. The number of hydrogen-bond acceptors (Lipinski definition) is 1. The first-order valence-electron chi connectivity index (χ1n) is 5.98. The fourth-order valence-corrected chi connectivity index (χ4v) is 2.00. The zero-order chi connectivity index (χ0) is 12.1. The Morgan fingerprint density at radius 2 is 1.76 bits per heavy atom. The van der Waals surface area contributed by atoms with Crippen LogP contribution in [0.15, 0.2) is 53.3 Å². The smallest absolute Gasteiger partial charge is 0.250 e. The molecule has 0 saturated heterocycles. The van der Waals surface area contributed by atoms with Crippen LogP contribution in [0, 0.1) is 6.92 Å². The summed E-state index contributed by atoms with van der Waals surface area (Å²) in [6.45, 7) is 2.77. The van der Waals surface area contributed by atoms with E-state index in [1.54, 1.807) is 6.07 Å².